The highest BCUT2D eigenvalue weighted by Crippen LogP contribution is 2.42. The number of nitrogens with two attached hydrogens (primary N) is 1. The zero-order chi connectivity index (χ0) is 23.0. The van der Waals surface area contributed by atoms with Gasteiger partial charge in [0, 0.05) is 18.6 Å². The van der Waals surface area contributed by atoms with Gasteiger partial charge in [-0.1, -0.05) is 22.9 Å². The topological polar surface area (TPSA) is 133 Å². The summed E-state index contributed by atoms with van der Waals surface area (Å²) < 4.78 is 13.8. The number of carboxylic acids is 1. The summed E-state index contributed by atoms with van der Waals surface area (Å²) in [5, 5.41) is 19.7. The molecule has 12 heteroatoms. The lowest BCUT2D eigenvalue weighted by atomic mass is 10.1. The maximum Gasteiger partial charge on any atom is 0.335 e. The number of amides is 1. The minimum atomic E-state index is -1.39. The number of likely N-dealkylation sites (N-methyl/N-ethyl adjacent to an activating group) is 1. The first-order chi connectivity index (χ1) is 15.2. The molecule has 2 aromatic carbocycles. The first-order valence-electron chi connectivity index (χ1n) is 9.57. The van der Waals surface area contributed by atoms with Crippen LogP contribution in [0.25, 0.3) is 10.2 Å². The number of carboxylic acid groups (broad SMARTS) is 1. The van der Waals surface area contributed by atoms with Crippen LogP contribution in [0, 0.1) is 0 Å². The van der Waals surface area contributed by atoms with Crippen molar-refractivity contribution in [2.45, 2.75) is 11.8 Å². The van der Waals surface area contributed by atoms with Crippen LogP contribution >= 0.6 is 22.9 Å². The molecule has 0 saturated heterocycles. The lowest BCUT2D eigenvalue weighted by Crippen LogP contribution is -2.71. The minimum absolute atomic E-state index is 0.0717. The Hall–Kier alpha value is -3.15. The van der Waals surface area contributed by atoms with E-state index in [1.54, 1.807) is 36.2 Å². The molecule has 2 atom stereocenters. The van der Waals surface area contributed by atoms with E-state index in [1.165, 1.54) is 23.5 Å². The van der Waals surface area contributed by atoms with Crippen molar-refractivity contribution in [3.05, 3.63) is 47.0 Å². The quantitative estimate of drug-likeness (QED) is 0.334. The van der Waals surface area contributed by atoms with E-state index in [-0.39, 0.29) is 12.1 Å². The van der Waals surface area contributed by atoms with Gasteiger partial charge in [0.25, 0.3) is 0 Å². The Morgan fingerprint density at radius 1 is 1.38 bits per heavy atom. The van der Waals surface area contributed by atoms with E-state index in [2.05, 4.69) is 20.9 Å². The number of anilines is 3. The number of aromatic nitrogens is 1. The second kappa shape index (κ2) is 8.41. The number of carbonyl (C=O) groups is 2. The first kappa shape index (κ1) is 22.1. The molecule has 168 valence electrons. The predicted molar refractivity (Wildman–Crippen MR) is 123 cm³/mol. The maximum absolute atomic E-state index is 13.0. The molecule has 0 fully saturated rings. The van der Waals surface area contributed by atoms with Crippen LogP contribution in [-0.4, -0.2) is 54.1 Å². The number of thiazole rings is 1. The van der Waals surface area contributed by atoms with E-state index in [0.29, 0.717) is 27.0 Å². The Labute approximate surface area is 191 Å². The normalized spacial score (nSPS) is 18.3. The number of primary amides is 1. The standard InChI is InChI=1S/C20H20ClFN6O3S/c1-28-14-5-2-10(18(30)31)8-13(14)26-20(28,16(17(23)29)24-7-6-22)27-19-25-12-4-3-11(21)9-15(12)32-19/h2-5,8-9,16,24,26H,6-7H2,1H3,(H2,23,29)(H,25,27)(H,30,31). The SMILES string of the molecule is CN1c2ccc(C(=O)O)cc2NC1(Nc1nc2ccc(Cl)cc2s1)C(NCCF)C(N)=O. The van der Waals surface area contributed by atoms with Gasteiger partial charge in [0.1, 0.15) is 12.7 Å². The Kier molecular flexibility index (Phi) is 5.80. The molecule has 0 bridgehead atoms. The molecule has 0 saturated carbocycles. The van der Waals surface area contributed by atoms with Crippen molar-refractivity contribution in [3.8, 4) is 0 Å². The molecule has 1 aliphatic rings. The van der Waals surface area contributed by atoms with Gasteiger partial charge in [0.2, 0.25) is 11.7 Å². The molecule has 1 aromatic heterocycles. The summed E-state index contributed by atoms with van der Waals surface area (Å²) in [5.41, 5.74) is 7.58. The van der Waals surface area contributed by atoms with E-state index in [9.17, 15) is 19.1 Å². The van der Waals surface area contributed by atoms with E-state index in [1.807, 2.05) is 0 Å². The van der Waals surface area contributed by atoms with E-state index in [4.69, 9.17) is 17.3 Å². The first-order valence-corrected chi connectivity index (χ1v) is 10.8. The highest BCUT2D eigenvalue weighted by molar-refractivity contribution is 7.22. The average Bonchev–Trinajstić information content (AvgIpc) is 3.25. The Morgan fingerprint density at radius 3 is 2.84 bits per heavy atom. The third-order valence-electron chi connectivity index (χ3n) is 5.25. The summed E-state index contributed by atoms with van der Waals surface area (Å²) >= 11 is 7.40. The molecule has 4 rings (SSSR count). The number of halogens is 2. The van der Waals surface area contributed by atoms with E-state index < -0.39 is 30.4 Å². The number of hydrogen-bond donors (Lipinski definition) is 5. The lowest BCUT2D eigenvalue weighted by molar-refractivity contribution is -0.121. The molecule has 6 N–H and O–H groups in total. The number of benzene rings is 2. The molecule has 3 aromatic rings. The van der Waals surface area contributed by atoms with Crippen LogP contribution in [0.4, 0.5) is 20.9 Å². The van der Waals surface area contributed by atoms with Crippen LogP contribution in [0.5, 0.6) is 0 Å². The van der Waals surface area contributed by atoms with Crippen molar-refractivity contribution in [3.63, 3.8) is 0 Å². The molecule has 32 heavy (non-hydrogen) atoms. The summed E-state index contributed by atoms with van der Waals surface area (Å²) in [7, 11) is 1.71. The van der Waals surface area contributed by atoms with Gasteiger partial charge in [-0.3, -0.25) is 10.1 Å². The summed E-state index contributed by atoms with van der Waals surface area (Å²) in [6.45, 7) is -0.821. The number of nitrogens with one attached hydrogen (secondary N) is 3. The van der Waals surface area contributed by atoms with Gasteiger partial charge in [0.05, 0.1) is 27.2 Å². The highest BCUT2D eigenvalue weighted by Gasteiger charge is 2.51. The molecule has 0 aliphatic carbocycles. The number of rotatable bonds is 8. The van der Waals surface area contributed by atoms with Crippen molar-refractivity contribution in [2.24, 2.45) is 5.73 Å². The predicted octanol–water partition coefficient (Wildman–Crippen LogP) is 2.69. The lowest BCUT2D eigenvalue weighted by Gasteiger charge is -2.42. The van der Waals surface area contributed by atoms with Crippen molar-refractivity contribution >= 4 is 61.5 Å². The second-order valence-electron chi connectivity index (χ2n) is 7.22. The number of hydrogen-bond acceptors (Lipinski definition) is 8. The van der Waals surface area contributed by atoms with E-state index in [0.717, 1.165) is 4.70 Å². The Balaban J connectivity index is 1.81. The van der Waals surface area contributed by atoms with Crippen molar-refractivity contribution in [1.82, 2.24) is 10.3 Å². The van der Waals surface area contributed by atoms with Gasteiger partial charge < -0.3 is 26.4 Å². The van der Waals surface area contributed by atoms with Crippen LogP contribution in [-0.2, 0) is 4.79 Å². The van der Waals surface area contributed by atoms with Crippen molar-refractivity contribution in [1.29, 1.82) is 0 Å². The highest BCUT2D eigenvalue weighted by atomic mass is 35.5. The molecule has 1 amide bonds. The molecular formula is C20H20ClFN6O3S. The summed E-state index contributed by atoms with van der Waals surface area (Å²) in [4.78, 5) is 30.2. The smallest absolute Gasteiger partial charge is 0.335 e. The van der Waals surface area contributed by atoms with Gasteiger partial charge in [0.15, 0.2) is 5.13 Å². The molecular weight excluding hydrogens is 459 g/mol. The summed E-state index contributed by atoms with van der Waals surface area (Å²) in [6, 6.07) is 8.71. The Morgan fingerprint density at radius 2 is 2.16 bits per heavy atom. The number of fused-ring (bicyclic) bond motifs is 2. The largest absolute Gasteiger partial charge is 0.478 e. The minimum Gasteiger partial charge on any atom is -0.478 e. The maximum atomic E-state index is 13.0. The van der Waals surface area contributed by atoms with Gasteiger partial charge in [-0.15, -0.1) is 0 Å². The fourth-order valence-corrected chi connectivity index (χ4v) is 4.96. The van der Waals surface area contributed by atoms with Crippen molar-refractivity contribution in [2.75, 3.05) is 35.8 Å². The van der Waals surface area contributed by atoms with Gasteiger partial charge in [-0.05, 0) is 36.4 Å². The van der Waals surface area contributed by atoms with Crippen LogP contribution in [0.3, 0.4) is 0 Å². The van der Waals surface area contributed by atoms with Gasteiger partial charge in [-0.25, -0.2) is 14.2 Å². The van der Waals surface area contributed by atoms with Crippen LogP contribution in [0.15, 0.2) is 36.4 Å². The molecule has 2 unspecified atom stereocenters. The van der Waals surface area contributed by atoms with Gasteiger partial charge >= 0.3 is 5.97 Å². The molecule has 2 heterocycles. The summed E-state index contributed by atoms with van der Waals surface area (Å²) in [6.07, 6.45) is 0. The Bertz CT molecular complexity index is 1210. The molecule has 0 radical (unpaired) electrons. The van der Waals surface area contributed by atoms with Gasteiger partial charge in [-0.2, -0.15) is 0 Å². The fraction of sp³-hybridized carbons (Fsp3) is 0.250. The fourth-order valence-electron chi connectivity index (χ4n) is 3.76. The third kappa shape index (κ3) is 3.78. The summed E-state index contributed by atoms with van der Waals surface area (Å²) in [5.74, 6) is -3.22. The zero-order valence-electron chi connectivity index (χ0n) is 16.9. The van der Waals surface area contributed by atoms with Crippen LogP contribution < -0.4 is 26.6 Å². The third-order valence-corrected chi connectivity index (χ3v) is 6.42. The number of alkyl halides is 1. The molecule has 1 aliphatic heterocycles. The monoisotopic (exact) mass is 478 g/mol. The van der Waals surface area contributed by atoms with E-state index >= 15 is 0 Å². The number of aromatic carboxylic acids is 1. The number of nitrogens with zero attached hydrogens (tertiary/aromatic N) is 2. The number of carbonyl (C=O) groups excluding carboxylic acids is 1. The molecule has 0 spiro atoms. The zero-order valence-corrected chi connectivity index (χ0v) is 18.4. The second-order valence-corrected chi connectivity index (χ2v) is 8.69. The average molecular weight is 479 g/mol. The van der Waals surface area contributed by atoms with Crippen LogP contribution in [0.1, 0.15) is 10.4 Å². The molecule has 9 nitrogen and oxygen atoms in total. The van der Waals surface area contributed by atoms with Crippen LogP contribution in [0.2, 0.25) is 5.02 Å². The van der Waals surface area contributed by atoms with Crippen molar-refractivity contribution < 1.29 is 19.1 Å².